The number of amides is 2. The van der Waals surface area contributed by atoms with Crippen LogP contribution in [-0.2, 0) is 11.2 Å². The van der Waals surface area contributed by atoms with Gasteiger partial charge in [0.05, 0.1) is 29.8 Å². The Balaban J connectivity index is 1.33. The third-order valence-electron chi connectivity index (χ3n) is 6.61. The van der Waals surface area contributed by atoms with Crippen molar-refractivity contribution in [2.75, 3.05) is 0 Å². The zero-order valence-corrected chi connectivity index (χ0v) is 16.8. The normalized spacial score (nSPS) is 28.5. The first-order chi connectivity index (χ1) is 15.1. The SMILES string of the molecule is N#CC1C=CC2=NC(=O)c3cc(CC(C#N)NC(=O)[C@H]4N[C@@H]5CC[C@H]4C5)ccc3C2=C1. The summed E-state index contributed by atoms with van der Waals surface area (Å²) in [5, 5.41) is 25.0. The molecule has 0 radical (unpaired) electrons. The number of piperidine rings is 1. The van der Waals surface area contributed by atoms with Gasteiger partial charge in [-0.3, -0.25) is 9.59 Å². The van der Waals surface area contributed by atoms with E-state index in [1.54, 1.807) is 18.2 Å². The molecule has 7 nitrogen and oxygen atoms in total. The van der Waals surface area contributed by atoms with Crippen LogP contribution >= 0.6 is 0 Å². The summed E-state index contributed by atoms with van der Waals surface area (Å²) < 4.78 is 0. The molecule has 4 aliphatic rings. The molecule has 2 unspecified atom stereocenters. The van der Waals surface area contributed by atoms with Gasteiger partial charge in [-0.2, -0.15) is 10.5 Å². The molecule has 1 aromatic carbocycles. The van der Waals surface area contributed by atoms with E-state index in [2.05, 4.69) is 27.8 Å². The standard InChI is InChI=1S/C24H21N5O2/c25-11-14-2-6-21-19(9-14)18-5-1-13(8-20(18)23(30)29-21)7-17(12-26)28-24(31)22-15-3-4-16(10-15)27-22/h1-2,5-6,8-9,14-17,22,27H,3-4,7,10H2,(H,28,31)/t14?,15-,16+,17?,22-/m0/s1. The number of nitrogens with zero attached hydrogens (tertiary/aromatic N) is 3. The average molecular weight is 411 g/mol. The molecule has 2 fully saturated rings. The maximum atomic E-state index is 12.7. The fourth-order valence-corrected chi connectivity index (χ4v) is 5.09. The Labute approximate surface area is 180 Å². The zero-order chi connectivity index (χ0) is 21.5. The summed E-state index contributed by atoms with van der Waals surface area (Å²) in [7, 11) is 0. The van der Waals surface area contributed by atoms with Gasteiger partial charge in [0.1, 0.15) is 6.04 Å². The van der Waals surface area contributed by atoms with Gasteiger partial charge in [-0.1, -0.05) is 24.3 Å². The van der Waals surface area contributed by atoms with Gasteiger partial charge >= 0.3 is 0 Å². The minimum Gasteiger partial charge on any atom is -0.339 e. The fourth-order valence-electron chi connectivity index (χ4n) is 5.09. The molecule has 1 aromatic rings. The van der Waals surface area contributed by atoms with Crippen molar-refractivity contribution in [3.63, 3.8) is 0 Å². The zero-order valence-electron chi connectivity index (χ0n) is 16.8. The van der Waals surface area contributed by atoms with Gasteiger partial charge in [-0.25, -0.2) is 4.99 Å². The Morgan fingerprint density at radius 1 is 1.29 bits per heavy atom. The third-order valence-corrected chi connectivity index (χ3v) is 6.61. The first-order valence-electron chi connectivity index (χ1n) is 10.6. The molecule has 2 aliphatic carbocycles. The van der Waals surface area contributed by atoms with E-state index in [9.17, 15) is 20.1 Å². The summed E-state index contributed by atoms with van der Waals surface area (Å²) in [6, 6.07) is 9.33. The minimum absolute atomic E-state index is 0.122. The lowest BCUT2D eigenvalue weighted by atomic mass is 9.85. The van der Waals surface area contributed by atoms with Crippen molar-refractivity contribution >= 4 is 23.1 Å². The Kier molecular flexibility index (Phi) is 4.77. The second kappa shape index (κ2) is 7.61. The second-order valence-corrected chi connectivity index (χ2v) is 8.59. The van der Waals surface area contributed by atoms with Crippen LogP contribution in [0.2, 0.25) is 0 Å². The molecule has 154 valence electrons. The van der Waals surface area contributed by atoms with Crippen LogP contribution < -0.4 is 10.6 Å². The van der Waals surface area contributed by atoms with Crippen LogP contribution in [0.1, 0.15) is 40.7 Å². The molecule has 2 bridgehead atoms. The summed E-state index contributed by atoms with van der Waals surface area (Å²) >= 11 is 0. The van der Waals surface area contributed by atoms with E-state index in [-0.39, 0.29) is 23.8 Å². The molecular formula is C24H21N5O2. The summed E-state index contributed by atoms with van der Waals surface area (Å²) in [6.45, 7) is 0. The van der Waals surface area contributed by atoms with Gasteiger partial charge in [-0.05, 0) is 48.4 Å². The first kappa shape index (κ1) is 19.4. The Hall–Kier alpha value is -3.55. The van der Waals surface area contributed by atoms with Crippen molar-refractivity contribution < 1.29 is 9.59 Å². The predicted molar refractivity (Wildman–Crippen MR) is 114 cm³/mol. The molecule has 7 heteroatoms. The predicted octanol–water partition coefficient (Wildman–Crippen LogP) is 2.07. The Morgan fingerprint density at radius 3 is 2.87 bits per heavy atom. The number of carbonyl (C=O) groups is 2. The lowest BCUT2D eigenvalue weighted by molar-refractivity contribution is -0.124. The molecule has 1 saturated carbocycles. The van der Waals surface area contributed by atoms with Gasteiger partial charge < -0.3 is 10.6 Å². The largest absolute Gasteiger partial charge is 0.339 e. The van der Waals surface area contributed by atoms with Crippen molar-refractivity contribution in [2.45, 2.75) is 43.8 Å². The minimum atomic E-state index is -0.677. The molecule has 0 spiro atoms. The number of nitrogens with one attached hydrogen (secondary N) is 2. The number of rotatable bonds is 4. The van der Waals surface area contributed by atoms with E-state index in [1.165, 1.54) is 0 Å². The fraction of sp³-hybridized carbons (Fsp3) is 0.375. The number of nitriles is 2. The van der Waals surface area contributed by atoms with Gasteiger partial charge in [0.15, 0.2) is 0 Å². The number of aliphatic imine (C=N–C) groups is 1. The van der Waals surface area contributed by atoms with Gasteiger partial charge in [0, 0.05) is 23.6 Å². The maximum absolute atomic E-state index is 12.7. The van der Waals surface area contributed by atoms with Crippen LogP contribution in [0.5, 0.6) is 0 Å². The van der Waals surface area contributed by atoms with Crippen molar-refractivity contribution in [1.29, 1.82) is 10.5 Å². The molecule has 5 atom stereocenters. The molecular weight excluding hydrogens is 390 g/mol. The lowest BCUT2D eigenvalue weighted by Gasteiger charge is -2.24. The molecule has 31 heavy (non-hydrogen) atoms. The van der Waals surface area contributed by atoms with E-state index >= 15 is 0 Å². The highest BCUT2D eigenvalue weighted by atomic mass is 16.2. The highest BCUT2D eigenvalue weighted by Crippen LogP contribution is 2.35. The Morgan fingerprint density at radius 2 is 2.16 bits per heavy atom. The monoisotopic (exact) mass is 411 g/mol. The smallest absolute Gasteiger partial charge is 0.278 e. The molecule has 2 aliphatic heterocycles. The van der Waals surface area contributed by atoms with Crippen LogP contribution in [0.25, 0.3) is 5.57 Å². The highest BCUT2D eigenvalue weighted by molar-refractivity contribution is 6.36. The summed E-state index contributed by atoms with van der Waals surface area (Å²) in [5.74, 6) is -0.461. The van der Waals surface area contributed by atoms with Crippen LogP contribution in [0.4, 0.5) is 0 Å². The van der Waals surface area contributed by atoms with Crippen molar-refractivity contribution in [1.82, 2.24) is 10.6 Å². The molecule has 5 rings (SSSR count). The number of carbonyl (C=O) groups excluding carboxylic acids is 2. The quantitative estimate of drug-likeness (QED) is 0.786. The van der Waals surface area contributed by atoms with E-state index in [4.69, 9.17) is 0 Å². The summed E-state index contributed by atoms with van der Waals surface area (Å²) in [6.07, 6.45) is 8.75. The molecule has 2 amide bonds. The number of hydrogen-bond acceptors (Lipinski definition) is 5. The first-order valence-corrected chi connectivity index (χ1v) is 10.6. The van der Waals surface area contributed by atoms with Crippen LogP contribution in [0, 0.1) is 34.5 Å². The molecule has 2 N–H and O–H groups in total. The number of fused-ring (bicyclic) bond motifs is 5. The van der Waals surface area contributed by atoms with E-state index in [0.717, 1.165) is 36.0 Å². The number of benzene rings is 1. The average Bonchev–Trinajstić information content (AvgIpc) is 3.42. The third kappa shape index (κ3) is 3.48. The van der Waals surface area contributed by atoms with Gasteiger partial charge in [0.2, 0.25) is 5.91 Å². The topological polar surface area (TPSA) is 118 Å². The van der Waals surface area contributed by atoms with Crippen LogP contribution in [-0.4, -0.2) is 35.7 Å². The van der Waals surface area contributed by atoms with Crippen molar-refractivity contribution in [3.05, 3.63) is 53.1 Å². The highest BCUT2D eigenvalue weighted by Gasteiger charge is 2.43. The number of hydrogen-bond donors (Lipinski definition) is 2. The summed E-state index contributed by atoms with van der Waals surface area (Å²) in [5.41, 5.74) is 3.33. The molecule has 0 aromatic heterocycles. The van der Waals surface area contributed by atoms with Gasteiger partial charge in [0.25, 0.3) is 5.91 Å². The Bertz CT molecular complexity index is 1150. The van der Waals surface area contributed by atoms with E-state index in [0.29, 0.717) is 29.7 Å². The van der Waals surface area contributed by atoms with E-state index in [1.807, 2.05) is 18.2 Å². The maximum Gasteiger partial charge on any atom is 0.278 e. The van der Waals surface area contributed by atoms with Crippen molar-refractivity contribution in [2.24, 2.45) is 16.8 Å². The number of allylic oxidation sites excluding steroid dienone is 4. The molecule has 1 saturated heterocycles. The van der Waals surface area contributed by atoms with Gasteiger partial charge in [-0.15, -0.1) is 0 Å². The lowest BCUT2D eigenvalue weighted by Crippen LogP contribution is -2.50. The second-order valence-electron chi connectivity index (χ2n) is 8.59. The van der Waals surface area contributed by atoms with E-state index < -0.39 is 6.04 Å². The van der Waals surface area contributed by atoms with Crippen molar-refractivity contribution in [3.8, 4) is 12.1 Å². The van der Waals surface area contributed by atoms with Crippen LogP contribution in [0.3, 0.4) is 0 Å². The summed E-state index contributed by atoms with van der Waals surface area (Å²) in [4.78, 5) is 29.4. The van der Waals surface area contributed by atoms with Crippen LogP contribution in [0.15, 0.2) is 41.4 Å². The molecule has 2 heterocycles.